The molecule has 0 saturated heterocycles. The molecule has 0 aliphatic heterocycles. The second kappa shape index (κ2) is 20.9. The lowest BCUT2D eigenvalue weighted by Crippen LogP contribution is -2.47. The molecule has 0 spiro atoms. The first-order chi connectivity index (χ1) is 30.8. The highest BCUT2D eigenvalue weighted by molar-refractivity contribution is 5.91. The number of halogens is 9. The first-order valence-electron chi connectivity index (χ1n) is 19.6. The van der Waals surface area contributed by atoms with E-state index < -0.39 is 55.0 Å². The molecule has 0 aliphatic rings. The molecule has 6 rings (SSSR count). The molecule has 3 aromatic heterocycles. The van der Waals surface area contributed by atoms with Crippen LogP contribution in [0.15, 0.2) is 91.4 Å². The van der Waals surface area contributed by atoms with Gasteiger partial charge in [-0.25, -0.2) is 15.0 Å². The first-order valence-corrected chi connectivity index (χ1v) is 19.6. The third-order valence-corrected chi connectivity index (χ3v) is 11.0. The lowest BCUT2D eigenvalue weighted by molar-refractivity contribution is -0.208. The van der Waals surface area contributed by atoms with E-state index >= 15 is 0 Å². The van der Waals surface area contributed by atoms with E-state index in [9.17, 15) is 54.8 Å². The zero-order valence-corrected chi connectivity index (χ0v) is 35.9. The molecule has 6 atom stereocenters. The summed E-state index contributed by atoms with van der Waals surface area (Å²) in [6.07, 6.45) is -17.0. The van der Waals surface area contributed by atoms with Gasteiger partial charge >= 0.3 is 18.5 Å². The molecular weight excluding hydrogens is 886 g/mol. The van der Waals surface area contributed by atoms with E-state index in [0.717, 1.165) is 0 Å². The van der Waals surface area contributed by atoms with Crippen LogP contribution in [0, 0.1) is 34.0 Å². The van der Waals surface area contributed by atoms with Crippen LogP contribution in [0.4, 0.5) is 56.6 Å². The van der Waals surface area contributed by atoms with Gasteiger partial charge in [0.2, 0.25) is 0 Å². The minimum Gasteiger partial charge on any atom is -0.382 e. The number of hydrogen-bond acceptors (Lipinski definition) is 12. The monoisotopic (exact) mass is 927 g/mol. The molecule has 0 bridgehead atoms. The third-order valence-electron chi connectivity index (χ3n) is 11.0. The SMILES string of the molecule is C[C@H](C(O)C(F)(F)F)N(C)c1ccc2c(C#N)nccc2c1.C[C@H]([C@@H](O)C(F)(F)F)N(C)c1ccc2c(C#N)nccc2c1.C[C@H]([C@H](O)C(F)(F)F)N(C)c1ccc2c(C#N)nccc2c1. The van der Waals surface area contributed by atoms with Crippen molar-refractivity contribution in [3.05, 3.63) is 108 Å². The minimum absolute atomic E-state index is 0.259. The van der Waals surface area contributed by atoms with E-state index in [2.05, 4.69) is 15.0 Å². The Morgan fingerprint density at radius 2 is 0.667 bits per heavy atom. The summed E-state index contributed by atoms with van der Waals surface area (Å²) in [6.45, 7) is 3.90. The number of aliphatic hydroxyl groups excluding tert-OH is 3. The Morgan fingerprint density at radius 3 is 0.864 bits per heavy atom. The number of pyridine rings is 3. The molecule has 6 aromatic rings. The molecule has 66 heavy (non-hydrogen) atoms. The Balaban J connectivity index is 0.000000216. The number of fused-ring (bicyclic) bond motifs is 3. The zero-order valence-electron chi connectivity index (χ0n) is 35.9. The molecule has 0 amide bonds. The van der Waals surface area contributed by atoms with Crippen LogP contribution in [0.5, 0.6) is 0 Å². The van der Waals surface area contributed by atoms with Crippen LogP contribution in [0.3, 0.4) is 0 Å². The lowest BCUT2D eigenvalue weighted by atomic mass is 10.1. The Kier molecular flexibility index (Phi) is 16.3. The quantitative estimate of drug-likeness (QED) is 0.118. The summed E-state index contributed by atoms with van der Waals surface area (Å²) >= 11 is 0. The fourth-order valence-electron chi connectivity index (χ4n) is 6.58. The van der Waals surface area contributed by atoms with Gasteiger partial charge in [0, 0.05) is 73.0 Å². The molecule has 0 fully saturated rings. The summed E-state index contributed by atoms with van der Waals surface area (Å²) in [6, 6.07) is 22.2. The van der Waals surface area contributed by atoms with Crippen LogP contribution in [0.1, 0.15) is 37.9 Å². The van der Waals surface area contributed by atoms with Crippen LogP contribution >= 0.6 is 0 Å². The second-order valence-corrected chi connectivity index (χ2v) is 15.0. The summed E-state index contributed by atoms with van der Waals surface area (Å²) in [4.78, 5) is 15.8. The number of aliphatic hydroxyl groups is 3. The highest BCUT2D eigenvalue weighted by atomic mass is 19.4. The molecule has 3 N–H and O–H groups in total. The van der Waals surface area contributed by atoms with Crippen molar-refractivity contribution in [1.29, 1.82) is 15.8 Å². The number of nitriles is 3. The molecule has 0 saturated carbocycles. The molecule has 21 heteroatoms. The second-order valence-electron chi connectivity index (χ2n) is 15.0. The van der Waals surface area contributed by atoms with Crippen LogP contribution < -0.4 is 14.7 Å². The normalized spacial score (nSPS) is 14.4. The lowest BCUT2D eigenvalue weighted by Gasteiger charge is -2.31. The minimum atomic E-state index is -4.68. The predicted octanol–water partition coefficient (Wildman–Crippen LogP) is 8.56. The molecule has 12 nitrogen and oxygen atoms in total. The van der Waals surface area contributed by atoms with E-state index in [4.69, 9.17) is 15.8 Å². The van der Waals surface area contributed by atoms with E-state index in [1.807, 2.05) is 18.2 Å². The molecule has 3 aromatic carbocycles. The Hall–Kier alpha value is -6.99. The topological polar surface area (TPSA) is 180 Å². The van der Waals surface area contributed by atoms with Gasteiger partial charge in [0.25, 0.3) is 0 Å². The number of anilines is 3. The van der Waals surface area contributed by atoms with E-state index in [0.29, 0.717) is 49.4 Å². The number of alkyl halides is 9. The van der Waals surface area contributed by atoms with Crippen molar-refractivity contribution >= 4 is 49.4 Å². The van der Waals surface area contributed by atoms with Gasteiger partial charge in [-0.1, -0.05) is 0 Å². The number of likely N-dealkylation sites (N-methyl/N-ethyl adjacent to an activating group) is 3. The average molecular weight is 928 g/mol. The molecule has 3 heterocycles. The van der Waals surface area contributed by atoms with Crippen LogP contribution in [-0.4, -0.2) is 106 Å². The maximum absolute atomic E-state index is 12.6. The number of hydrogen-bond donors (Lipinski definition) is 3. The summed E-state index contributed by atoms with van der Waals surface area (Å²) in [5.74, 6) is 0. The van der Waals surface area contributed by atoms with E-state index in [1.54, 1.807) is 72.8 Å². The van der Waals surface area contributed by atoms with Gasteiger partial charge in [0.1, 0.15) is 35.3 Å². The zero-order chi connectivity index (χ0) is 49.5. The molecular formula is C45H42F9N9O3. The van der Waals surface area contributed by atoms with Crippen molar-refractivity contribution in [3.63, 3.8) is 0 Å². The van der Waals surface area contributed by atoms with Gasteiger partial charge in [0.05, 0.1) is 18.1 Å². The summed E-state index contributed by atoms with van der Waals surface area (Å²) < 4.78 is 113. The molecule has 1 unspecified atom stereocenters. The van der Waals surface area contributed by atoms with Crippen LogP contribution in [0.2, 0.25) is 0 Å². The van der Waals surface area contributed by atoms with Crippen molar-refractivity contribution in [3.8, 4) is 18.2 Å². The number of nitrogens with zero attached hydrogens (tertiary/aromatic N) is 9. The number of rotatable bonds is 9. The van der Waals surface area contributed by atoms with E-state index in [-0.39, 0.29) is 17.1 Å². The average Bonchev–Trinajstić information content (AvgIpc) is 3.29. The molecule has 0 radical (unpaired) electrons. The predicted molar refractivity (Wildman–Crippen MR) is 229 cm³/mol. The first kappa shape index (κ1) is 51.6. The largest absolute Gasteiger partial charge is 0.416 e. The van der Waals surface area contributed by atoms with Gasteiger partial charge in [-0.15, -0.1) is 0 Å². The highest BCUT2D eigenvalue weighted by Gasteiger charge is 2.45. The van der Waals surface area contributed by atoms with Crippen molar-refractivity contribution in [2.24, 2.45) is 0 Å². The van der Waals surface area contributed by atoms with Gasteiger partial charge in [0.15, 0.2) is 18.3 Å². The van der Waals surface area contributed by atoms with Crippen LogP contribution in [0.25, 0.3) is 32.3 Å². The van der Waals surface area contributed by atoms with Crippen molar-refractivity contribution in [1.82, 2.24) is 15.0 Å². The standard InChI is InChI=1S/3C15H14F3N3O/c3*1-9(14(22)15(16,17)18)21(2)11-3-4-12-10(7-11)5-6-20-13(12)8-19/h3*3-7,9,14,22H,1-2H3/t9-,14?;9-,14+;9-,14-/m111/s1. The van der Waals surface area contributed by atoms with E-state index in [1.165, 1.54) is 75.2 Å². The molecule has 0 aliphatic carbocycles. The molecule has 348 valence electrons. The Morgan fingerprint density at radius 1 is 0.439 bits per heavy atom. The maximum Gasteiger partial charge on any atom is 0.416 e. The smallest absolute Gasteiger partial charge is 0.382 e. The Labute approximate surface area is 372 Å². The van der Waals surface area contributed by atoms with Gasteiger partial charge in [-0.05, 0) is 110 Å². The number of aromatic nitrogens is 3. The summed E-state index contributed by atoms with van der Waals surface area (Å²) in [7, 11) is 4.44. The summed E-state index contributed by atoms with van der Waals surface area (Å²) in [5, 5.41) is 59.0. The highest BCUT2D eigenvalue weighted by Crippen LogP contribution is 2.32. The van der Waals surface area contributed by atoms with Crippen molar-refractivity contribution < 1.29 is 54.8 Å². The van der Waals surface area contributed by atoms with Crippen molar-refractivity contribution in [2.45, 2.75) is 75.7 Å². The van der Waals surface area contributed by atoms with Gasteiger partial charge in [-0.2, -0.15) is 55.3 Å². The van der Waals surface area contributed by atoms with Gasteiger partial charge < -0.3 is 30.0 Å². The summed E-state index contributed by atoms with van der Waals surface area (Å²) in [5.41, 5.74) is 2.32. The number of benzene rings is 3. The van der Waals surface area contributed by atoms with Crippen molar-refractivity contribution in [2.75, 3.05) is 35.8 Å². The van der Waals surface area contributed by atoms with Gasteiger partial charge in [-0.3, -0.25) is 0 Å². The van der Waals surface area contributed by atoms with Crippen LogP contribution in [-0.2, 0) is 0 Å². The fraction of sp³-hybridized carbons (Fsp3) is 0.333. The maximum atomic E-state index is 12.6. The fourth-order valence-corrected chi connectivity index (χ4v) is 6.58. The third kappa shape index (κ3) is 12.0. The Bertz CT molecular complexity index is 2470.